The summed E-state index contributed by atoms with van der Waals surface area (Å²) in [6, 6.07) is 0.842. The molecule has 0 spiro atoms. The Bertz CT molecular complexity index is 370. The highest BCUT2D eigenvalue weighted by Crippen LogP contribution is 2.37. The van der Waals surface area contributed by atoms with Crippen LogP contribution in [0.1, 0.15) is 148 Å². The summed E-state index contributed by atoms with van der Waals surface area (Å²) in [4.78, 5) is 0. The van der Waals surface area contributed by atoms with Gasteiger partial charge in [0.1, 0.15) is 0 Å². The van der Waals surface area contributed by atoms with Gasteiger partial charge in [0.15, 0.2) is 0 Å². The van der Waals surface area contributed by atoms with Crippen LogP contribution in [0.5, 0.6) is 0 Å². The molecule has 3 aliphatic rings. The topological polar surface area (TPSA) is 12.0 Å². The predicted molar refractivity (Wildman–Crippen MR) is 128 cm³/mol. The summed E-state index contributed by atoms with van der Waals surface area (Å²) in [6.45, 7) is 1.33. The summed E-state index contributed by atoms with van der Waals surface area (Å²) in [5.74, 6) is 2.97. The Kier molecular flexibility index (Phi) is 12.1. The van der Waals surface area contributed by atoms with Gasteiger partial charge in [-0.1, -0.05) is 122 Å². The molecule has 170 valence electrons. The first kappa shape index (κ1) is 23.6. The molecule has 3 aliphatic carbocycles. The van der Waals surface area contributed by atoms with Crippen molar-refractivity contribution in [3.8, 4) is 0 Å². The Labute approximate surface area is 183 Å². The molecule has 0 radical (unpaired) electrons. The second-order valence-electron chi connectivity index (χ2n) is 11.0. The molecule has 2 atom stereocenters. The second-order valence-corrected chi connectivity index (χ2v) is 11.0. The summed E-state index contributed by atoms with van der Waals surface area (Å²) < 4.78 is 0. The highest BCUT2D eigenvalue weighted by Gasteiger charge is 2.31. The molecule has 1 N–H and O–H groups in total. The van der Waals surface area contributed by atoms with Gasteiger partial charge in [-0.15, -0.1) is 0 Å². The summed E-state index contributed by atoms with van der Waals surface area (Å²) in [7, 11) is 0. The zero-order valence-electron chi connectivity index (χ0n) is 19.8. The zero-order valence-corrected chi connectivity index (χ0v) is 19.8. The third kappa shape index (κ3) is 9.32. The SMILES string of the molecule is C1CCCCC(CNC2CCCCC2C2CCCCCCCCCC2)CCCC1. The monoisotopic (exact) mass is 403 g/mol. The third-order valence-corrected chi connectivity index (χ3v) is 8.72. The lowest BCUT2D eigenvalue weighted by Crippen LogP contribution is -2.44. The van der Waals surface area contributed by atoms with Crippen LogP contribution in [-0.4, -0.2) is 12.6 Å². The van der Waals surface area contributed by atoms with Crippen LogP contribution >= 0.6 is 0 Å². The fourth-order valence-corrected chi connectivity index (χ4v) is 6.84. The fraction of sp³-hybridized carbons (Fsp3) is 1.00. The molecule has 1 nitrogen and oxygen atoms in total. The molecule has 0 bridgehead atoms. The third-order valence-electron chi connectivity index (χ3n) is 8.72. The molecule has 0 aromatic rings. The van der Waals surface area contributed by atoms with E-state index in [1.54, 1.807) is 0 Å². The zero-order chi connectivity index (χ0) is 20.0. The molecule has 29 heavy (non-hydrogen) atoms. The van der Waals surface area contributed by atoms with E-state index in [1.165, 1.54) is 154 Å². The smallest absolute Gasteiger partial charge is 0.00980 e. The van der Waals surface area contributed by atoms with Crippen molar-refractivity contribution in [1.29, 1.82) is 0 Å². The standard InChI is InChI=1S/C28H53N/c1-2-7-11-15-21-26(20-14-10-6-1)27-22-16-17-23-28(27)29-24-25-18-12-8-4-3-5-9-13-19-25/h25-29H,1-24H2. The lowest BCUT2D eigenvalue weighted by atomic mass is 9.72. The molecule has 1 heteroatoms. The van der Waals surface area contributed by atoms with E-state index in [9.17, 15) is 0 Å². The number of rotatable bonds is 4. The minimum absolute atomic E-state index is 0.842. The van der Waals surface area contributed by atoms with Gasteiger partial charge in [0.2, 0.25) is 0 Å². The quantitative estimate of drug-likeness (QED) is 0.494. The van der Waals surface area contributed by atoms with Crippen molar-refractivity contribution in [3.63, 3.8) is 0 Å². The number of hydrogen-bond donors (Lipinski definition) is 1. The van der Waals surface area contributed by atoms with Crippen molar-refractivity contribution in [2.45, 2.75) is 154 Å². The van der Waals surface area contributed by atoms with E-state index >= 15 is 0 Å². The van der Waals surface area contributed by atoms with E-state index < -0.39 is 0 Å². The van der Waals surface area contributed by atoms with E-state index in [4.69, 9.17) is 0 Å². The Balaban J connectivity index is 1.50. The fourth-order valence-electron chi connectivity index (χ4n) is 6.84. The highest BCUT2D eigenvalue weighted by atomic mass is 14.9. The van der Waals surface area contributed by atoms with Crippen molar-refractivity contribution in [2.24, 2.45) is 17.8 Å². The normalized spacial score (nSPS) is 31.0. The van der Waals surface area contributed by atoms with Crippen LogP contribution < -0.4 is 5.32 Å². The van der Waals surface area contributed by atoms with Gasteiger partial charge >= 0.3 is 0 Å². The largest absolute Gasteiger partial charge is 0.313 e. The van der Waals surface area contributed by atoms with Crippen molar-refractivity contribution in [3.05, 3.63) is 0 Å². The summed E-state index contributed by atoms with van der Waals surface area (Å²) in [5, 5.41) is 4.20. The van der Waals surface area contributed by atoms with Gasteiger partial charge in [0.25, 0.3) is 0 Å². The average molecular weight is 404 g/mol. The van der Waals surface area contributed by atoms with E-state index in [-0.39, 0.29) is 0 Å². The van der Waals surface area contributed by atoms with Gasteiger partial charge in [-0.25, -0.2) is 0 Å². The lowest BCUT2D eigenvalue weighted by Gasteiger charge is -2.39. The van der Waals surface area contributed by atoms with Crippen molar-refractivity contribution in [1.82, 2.24) is 5.32 Å². The first-order valence-corrected chi connectivity index (χ1v) is 14.2. The van der Waals surface area contributed by atoms with Crippen molar-refractivity contribution < 1.29 is 0 Å². The Morgan fingerprint density at radius 3 is 1.38 bits per heavy atom. The molecule has 0 aromatic carbocycles. The maximum Gasteiger partial charge on any atom is 0.00980 e. The second kappa shape index (κ2) is 14.9. The Morgan fingerprint density at radius 2 is 0.828 bits per heavy atom. The molecule has 0 amide bonds. The molecule has 2 unspecified atom stereocenters. The van der Waals surface area contributed by atoms with Crippen molar-refractivity contribution in [2.75, 3.05) is 6.54 Å². The Hall–Kier alpha value is -0.0400. The molecule has 3 rings (SSSR count). The van der Waals surface area contributed by atoms with Gasteiger partial charge in [0.05, 0.1) is 0 Å². The molecule has 0 aromatic heterocycles. The molecular formula is C28H53N. The minimum Gasteiger partial charge on any atom is -0.313 e. The first-order valence-electron chi connectivity index (χ1n) is 14.2. The molecule has 3 saturated carbocycles. The van der Waals surface area contributed by atoms with E-state index in [0.717, 1.165) is 23.8 Å². The molecule has 0 saturated heterocycles. The van der Waals surface area contributed by atoms with Crippen LogP contribution in [0, 0.1) is 17.8 Å². The molecular weight excluding hydrogens is 350 g/mol. The van der Waals surface area contributed by atoms with Crippen LogP contribution in [0.3, 0.4) is 0 Å². The molecule has 0 aliphatic heterocycles. The number of hydrogen-bond acceptors (Lipinski definition) is 1. The lowest BCUT2D eigenvalue weighted by molar-refractivity contribution is 0.157. The van der Waals surface area contributed by atoms with Crippen LogP contribution in [0.25, 0.3) is 0 Å². The van der Waals surface area contributed by atoms with E-state index in [1.807, 2.05) is 0 Å². The van der Waals surface area contributed by atoms with E-state index in [2.05, 4.69) is 5.32 Å². The predicted octanol–water partition coefficient (Wildman–Crippen LogP) is 8.81. The Morgan fingerprint density at radius 1 is 0.414 bits per heavy atom. The van der Waals surface area contributed by atoms with Gasteiger partial charge in [0, 0.05) is 6.04 Å². The van der Waals surface area contributed by atoms with Crippen LogP contribution in [-0.2, 0) is 0 Å². The van der Waals surface area contributed by atoms with Crippen LogP contribution in [0.15, 0.2) is 0 Å². The van der Waals surface area contributed by atoms with Crippen LogP contribution in [0.2, 0.25) is 0 Å². The van der Waals surface area contributed by atoms with Crippen molar-refractivity contribution >= 4 is 0 Å². The summed E-state index contributed by atoms with van der Waals surface area (Å²) >= 11 is 0. The maximum atomic E-state index is 4.20. The van der Waals surface area contributed by atoms with Crippen LogP contribution in [0.4, 0.5) is 0 Å². The first-order chi connectivity index (χ1) is 14.4. The maximum absolute atomic E-state index is 4.20. The molecule has 0 heterocycles. The van der Waals surface area contributed by atoms with Gasteiger partial charge < -0.3 is 5.32 Å². The average Bonchev–Trinajstić information content (AvgIpc) is 2.82. The van der Waals surface area contributed by atoms with Gasteiger partial charge in [-0.3, -0.25) is 0 Å². The molecule has 3 fully saturated rings. The summed E-state index contributed by atoms with van der Waals surface area (Å²) in [5.41, 5.74) is 0. The number of nitrogens with one attached hydrogen (secondary N) is 1. The summed E-state index contributed by atoms with van der Waals surface area (Å²) in [6.07, 6.45) is 34.5. The van der Waals surface area contributed by atoms with Gasteiger partial charge in [-0.2, -0.15) is 0 Å². The highest BCUT2D eigenvalue weighted by molar-refractivity contribution is 4.86. The van der Waals surface area contributed by atoms with Gasteiger partial charge in [-0.05, 0) is 50.0 Å². The van der Waals surface area contributed by atoms with E-state index in [0.29, 0.717) is 0 Å². The minimum atomic E-state index is 0.842.